The Balaban J connectivity index is 1.63. The van der Waals surface area contributed by atoms with E-state index >= 15 is 0 Å². The molecule has 2 aromatic heterocycles. The molecule has 8 heteroatoms. The molecule has 2 heterocycles. The van der Waals surface area contributed by atoms with E-state index in [-0.39, 0.29) is 4.90 Å². The van der Waals surface area contributed by atoms with Gasteiger partial charge in [0.1, 0.15) is 4.90 Å². The summed E-state index contributed by atoms with van der Waals surface area (Å²) < 4.78 is 29.7. The Morgan fingerprint density at radius 3 is 2.36 bits per heavy atom. The van der Waals surface area contributed by atoms with Crippen LogP contribution in [0.1, 0.15) is 29.8 Å². The van der Waals surface area contributed by atoms with E-state index < -0.39 is 10.0 Å². The van der Waals surface area contributed by atoms with Gasteiger partial charge in [0.15, 0.2) is 5.82 Å². The molecule has 0 bridgehead atoms. The van der Waals surface area contributed by atoms with Gasteiger partial charge in [0.25, 0.3) is 0 Å². The van der Waals surface area contributed by atoms with Crippen LogP contribution in [0.3, 0.4) is 0 Å². The predicted molar refractivity (Wildman–Crippen MR) is 107 cm³/mol. The van der Waals surface area contributed by atoms with E-state index in [1.807, 2.05) is 37.3 Å². The van der Waals surface area contributed by atoms with E-state index in [1.165, 1.54) is 10.2 Å². The van der Waals surface area contributed by atoms with Crippen molar-refractivity contribution < 1.29 is 8.42 Å². The molecule has 146 valence electrons. The molecule has 1 saturated carbocycles. The van der Waals surface area contributed by atoms with Crippen LogP contribution in [0.5, 0.6) is 0 Å². The number of nitrogens with zero attached hydrogens (tertiary/aromatic N) is 4. The van der Waals surface area contributed by atoms with Crippen molar-refractivity contribution in [2.75, 3.05) is 6.54 Å². The second-order valence-corrected chi connectivity index (χ2v) is 9.05. The van der Waals surface area contributed by atoms with E-state index in [0.29, 0.717) is 29.7 Å². The monoisotopic (exact) mass is 397 g/mol. The first-order chi connectivity index (χ1) is 13.3. The molecule has 1 aliphatic carbocycles. The Morgan fingerprint density at radius 1 is 1.04 bits per heavy atom. The van der Waals surface area contributed by atoms with E-state index in [4.69, 9.17) is 0 Å². The average Bonchev–Trinajstić information content (AvgIpc) is 3.45. The quantitative estimate of drug-likeness (QED) is 0.691. The largest absolute Gasteiger partial charge is 0.244 e. The third-order valence-corrected chi connectivity index (χ3v) is 6.64. The number of nitrogens with one attached hydrogen (secondary N) is 1. The summed E-state index contributed by atoms with van der Waals surface area (Å²) in [7, 11) is -3.60. The molecule has 1 fully saturated rings. The zero-order chi connectivity index (χ0) is 19.9. The van der Waals surface area contributed by atoms with Crippen LogP contribution in [0.15, 0.2) is 41.3 Å². The van der Waals surface area contributed by atoms with Crippen LogP contribution >= 0.6 is 0 Å². The molecule has 0 aliphatic heterocycles. The fraction of sp³-hybridized carbons (Fsp3) is 0.350. The van der Waals surface area contributed by atoms with Crippen molar-refractivity contribution >= 4 is 10.0 Å². The lowest BCUT2D eigenvalue weighted by Gasteiger charge is -2.07. The maximum absolute atomic E-state index is 12.7. The van der Waals surface area contributed by atoms with Crippen LogP contribution in [-0.2, 0) is 10.0 Å². The van der Waals surface area contributed by atoms with Gasteiger partial charge in [-0.15, -0.1) is 10.2 Å². The molecule has 0 amide bonds. The Hall–Kier alpha value is -2.58. The summed E-state index contributed by atoms with van der Waals surface area (Å²) in [5.74, 6) is 0.950. The molecule has 7 nitrogen and oxygen atoms in total. The molecule has 1 aliphatic rings. The third-order valence-electron chi connectivity index (χ3n) is 4.97. The second-order valence-electron chi connectivity index (χ2n) is 7.35. The molecule has 28 heavy (non-hydrogen) atoms. The molecule has 0 radical (unpaired) electrons. The van der Waals surface area contributed by atoms with Crippen molar-refractivity contribution in [2.24, 2.45) is 5.92 Å². The molecule has 0 unspecified atom stereocenters. The summed E-state index contributed by atoms with van der Waals surface area (Å²) in [6.45, 7) is 5.95. The highest BCUT2D eigenvalue weighted by Crippen LogP contribution is 2.29. The molecule has 0 atom stereocenters. The first-order valence-corrected chi connectivity index (χ1v) is 10.8. The normalized spacial score (nSPS) is 14.4. The van der Waals surface area contributed by atoms with Gasteiger partial charge in [0.05, 0.1) is 17.1 Å². The van der Waals surface area contributed by atoms with E-state index in [9.17, 15) is 8.42 Å². The van der Waals surface area contributed by atoms with Crippen molar-refractivity contribution in [3.05, 3.63) is 53.3 Å². The van der Waals surface area contributed by atoms with Crippen LogP contribution in [0.25, 0.3) is 17.1 Å². The number of hydrogen-bond acceptors (Lipinski definition) is 5. The molecular weight excluding hydrogens is 374 g/mol. The summed E-state index contributed by atoms with van der Waals surface area (Å²) in [6.07, 6.45) is 2.17. The fourth-order valence-corrected chi connectivity index (χ4v) is 4.68. The summed E-state index contributed by atoms with van der Waals surface area (Å²) in [5, 5.41) is 13.0. The minimum Gasteiger partial charge on any atom is -0.216 e. The number of benzene rings is 1. The maximum Gasteiger partial charge on any atom is 0.244 e. The minimum absolute atomic E-state index is 0.220. The standard InChI is InChI=1S/C20H23N5O2S/c1-13-4-8-17(9-5-13)18-10-11-19(23-22-18)25-15(3)20(14(2)24-25)28(26,27)21-12-16-6-7-16/h4-5,8-11,16,21H,6-7,12H2,1-3H3. The Kier molecular flexibility index (Phi) is 4.76. The van der Waals surface area contributed by atoms with Crippen LogP contribution in [-0.4, -0.2) is 34.9 Å². The lowest BCUT2D eigenvalue weighted by Crippen LogP contribution is -2.26. The van der Waals surface area contributed by atoms with Crippen LogP contribution < -0.4 is 4.72 Å². The van der Waals surface area contributed by atoms with Gasteiger partial charge in [-0.1, -0.05) is 29.8 Å². The van der Waals surface area contributed by atoms with Gasteiger partial charge in [-0.3, -0.25) is 0 Å². The molecule has 4 rings (SSSR count). The second kappa shape index (κ2) is 7.10. The lowest BCUT2D eigenvalue weighted by atomic mass is 10.1. The van der Waals surface area contributed by atoms with Crippen molar-refractivity contribution in [1.29, 1.82) is 0 Å². The third kappa shape index (κ3) is 3.70. The van der Waals surface area contributed by atoms with E-state index in [0.717, 1.165) is 24.1 Å². The minimum atomic E-state index is -3.60. The van der Waals surface area contributed by atoms with E-state index in [2.05, 4.69) is 20.0 Å². The highest BCUT2D eigenvalue weighted by molar-refractivity contribution is 7.89. The number of sulfonamides is 1. The van der Waals surface area contributed by atoms with Gasteiger partial charge in [0, 0.05) is 12.1 Å². The number of aromatic nitrogens is 4. The predicted octanol–water partition coefficient (Wildman–Crippen LogP) is 2.94. The van der Waals surface area contributed by atoms with Crippen molar-refractivity contribution in [1.82, 2.24) is 24.7 Å². The molecule has 1 N–H and O–H groups in total. The van der Waals surface area contributed by atoms with Crippen LogP contribution in [0, 0.1) is 26.7 Å². The molecule has 0 spiro atoms. The number of rotatable bonds is 6. The Morgan fingerprint density at radius 2 is 1.75 bits per heavy atom. The van der Waals surface area contributed by atoms with E-state index in [1.54, 1.807) is 19.9 Å². The van der Waals surface area contributed by atoms with Gasteiger partial charge in [-0.05, 0) is 51.7 Å². The fourth-order valence-electron chi connectivity index (χ4n) is 3.18. The Bertz CT molecular complexity index is 1100. The van der Waals surface area contributed by atoms with Gasteiger partial charge >= 0.3 is 0 Å². The average molecular weight is 398 g/mol. The van der Waals surface area contributed by atoms with Crippen LogP contribution in [0.4, 0.5) is 0 Å². The molecule has 0 saturated heterocycles. The van der Waals surface area contributed by atoms with Gasteiger partial charge in [-0.2, -0.15) is 5.10 Å². The SMILES string of the molecule is Cc1ccc(-c2ccc(-n3nc(C)c(S(=O)(=O)NCC4CC4)c3C)nn2)cc1. The molecular formula is C20H23N5O2S. The molecule has 3 aromatic rings. The topological polar surface area (TPSA) is 89.8 Å². The zero-order valence-corrected chi connectivity index (χ0v) is 17.0. The van der Waals surface area contributed by atoms with Crippen molar-refractivity contribution in [3.8, 4) is 17.1 Å². The van der Waals surface area contributed by atoms with Crippen LogP contribution in [0.2, 0.25) is 0 Å². The summed E-state index contributed by atoms with van der Waals surface area (Å²) >= 11 is 0. The van der Waals surface area contributed by atoms with Gasteiger partial charge in [0.2, 0.25) is 10.0 Å². The first-order valence-electron chi connectivity index (χ1n) is 9.32. The Labute approximate surface area is 164 Å². The lowest BCUT2D eigenvalue weighted by molar-refractivity contribution is 0.576. The molecule has 1 aromatic carbocycles. The summed E-state index contributed by atoms with van der Waals surface area (Å²) in [4.78, 5) is 0.220. The summed E-state index contributed by atoms with van der Waals surface area (Å²) in [6, 6.07) is 11.7. The van der Waals surface area contributed by atoms with Crippen molar-refractivity contribution in [2.45, 2.75) is 38.5 Å². The highest BCUT2D eigenvalue weighted by Gasteiger charge is 2.28. The summed E-state index contributed by atoms with van der Waals surface area (Å²) in [5.41, 5.74) is 3.89. The highest BCUT2D eigenvalue weighted by atomic mass is 32.2. The first kappa shape index (κ1) is 18.8. The zero-order valence-electron chi connectivity index (χ0n) is 16.2. The maximum atomic E-state index is 12.7. The van der Waals surface area contributed by atoms with Gasteiger partial charge in [-0.25, -0.2) is 17.8 Å². The smallest absolute Gasteiger partial charge is 0.216 e. The van der Waals surface area contributed by atoms with Crippen molar-refractivity contribution in [3.63, 3.8) is 0 Å². The van der Waals surface area contributed by atoms with Gasteiger partial charge < -0.3 is 0 Å². The number of hydrogen-bond donors (Lipinski definition) is 1. The number of aryl methyl sites for hydroxylation is 2.